The molecule has 0 radical (unpaired) electrons. The molecule has 2 aromatic carbocycles. The lowest BCUT2D eigenvalue weighted by molar-refractivity contribution is -0.385. The molecule has 30 heavy (non-hydrogen) atoms. The van der Waals surface area contributed by atoms with Crippen molar-refractivity contribution in [3.63, 3.8) is 0 Å². The number of halogens is 1. The van der Waals surface area contributed by atoms with Gasteiger partial charge in [-0.3, -0.25) is 35.9 Å². The van der Waals surface area contributed by atoms with Crippen molar-refractivity contribution in [1.82, 2.24) is 16.2 Å². The van der Waals surface area contributed by atoms with E-state index in [2.05, 4.69) is 32.1 Å². The van der Waals surface area contributed by atoms with Crippen LogP contribution in [0.25, 0.3) is 0 Å². The molecule has 0 bridgehead atoms. The highest BCUT2D eigenvalue weighted by Crippen LogP contribution is 2.26. The Morgan fingerprint density at radius 3 is 2.53 bits per heavy atom. The minimum atomic E-state index is -0.779. The van der Waals surface area contributed by atoms with E-state index < -0.39 is 16.7 Å². The van der Waals surface area contributed by atoms with Crippen LogP contribution >= 0.6 is 28.1 Å². The Hall–Kier alpha value is -3.09. The molecule has 158 valence electrons. The number of hydrogen-bond donors (Lipinski definition) is 3. The fourth-order valence-corrected chi connectivity index (χ4v) is 2.84. The van der Waals surface area contributed by atoms with Crippen molar-refractivity contribution in [3.05, 3.63) is 68.2 Å². The van der Waals surface area contributed by atoms with Crippen LogP contribution in [0.4, 0.5) is 5.69 Å². The number of rotatable bonds is 7. The third kappa shape index (κ3) is 6.47. The van der Waals surface area contributed by atoms with Gasteiger partial charge in [-0.15, -0.1) is 0 Å². The first-order valence-corrected chi connectivity index (χ1v) is 9.60. The Morgan fingerprint density at radius 2 is 1.87 bits per heavy atom. The van der Waals surface area contributed by atoms with Gasteiger partial charge in [-0.05, 0) is 52.4 Å². The van der Waals surface area contributed by atoms with Gasteiger partial charge in [-0.1, -0.05) is 12.1 Å². The van der Waals surface area contributed by atoms with Gasteiger partial charge in [0.2, 0.25) is 0 Å². The lowest BCUT2D eigenvalue weighted by Crippen LogP contribution is -2.48. The van der Waals surface area contributed by atoms with Crippen LogP contribution < -0.4 is 20.9 Å². The molecule has 0 saturated carbocycles. The molecule has 2 rings (SSSR count). The molecule has 0 fully saturated rings. The van der Waals surface area contributed by atoms with Crippen LogP contribution in [0.2, 0.25) is 0 Å². The van der Waals surface area contributed by atoms with Gasteiger partial charge in [0, 0.05) is 18.7 Å². The van der Waals surface area contributed by atoms with E-state index in [1.165, 1.54) is 30.3 Å². The van der Waals surface area contributed by atoms with E-state index in [1.54, 1.807) is 19.2 Å². The number of benzene rings is 2. The molecule has 0 heterocycles. The fourth-order valence-electron chi connectivity index (χ4n) is 2.21. The Morgan fingerprint density at radius 1 is 1.13 bits per heavy atom. The quantitative estimate of drug-likeness (QED) is 0.230. The monoisotopic (exact) mass is 496 g/mol. The molecule has 0 unspecified atom stereocenters. The van der Waals surface area contributed by atoms with Crippen LogP contribution in [-0.4, -0.2) is 42.2 Å². The molecule has 0 saturated heterocycles. The molecule has 0 atom stereocenters. The van der Waals surface area contributed by atoms with Gasteiger partial charge in [0.25, 0.3) is 17.5 Å². The first-order chi connectivity index (χ1) is 14.3. The minimum absolute atomic E-state index is 0.155. The molecular weight excluding hydrogens is 480 g/mol. The SMILES string of the molecule is COCCOc1ccc(C(=O)NC(=S)NNC(=O)c2ccccc2[N+](=O)[O-])cc1Br. The van der Waals surface area contributed by atoms with Crippen molar-refractivity contribution in [1.29, 1.82) is 0 Å². The number of carbonyl (C=O) groups is 2. The molecule has 0 aliphatic rings. The number of hydrogen-bond acceptors (Lipinski definition) is 7. The maximum absolute atomic E-state index is 12.3. The Kier molecular flexibility index (Phi) is 8.65. The van der Waals surface area contributed by atoms with Gasteiger partial charge in [0.05, 0.1) is 16.0 Å². The second-order valence-corrected chi connectivity index (χ2v) is 6.89. The zero-order valence-electron chi connectivity index (χ0n) is 15.6. The minimum Gasteiger partial charge on any atom is -0.490 e. The van der Waals surface area contributed by atoms with Crippen LogP contribution in [0.5, 0.6) is 5.75 Å². The maximum Gasteiger partial charge on any atom is 0.282 e. The molecule has 2 aromatic rings. The molecule has 3 N–H and O–H groups in total. The van der Waals surface area contributed by atoms with Gasteiger partial charge in [0.15, 0.2) is 5.11 Å². The number of nitro groups is 1. The molecule has 2 amide bonds. The van der Waals surface area contributed by atoms with E-state index in [9.17, 15) is 19.7 Å². The number of thiocarbonyl (C=S) groups is 1. The predicted octanol–water partition coefficient (Wildman–Crippen LogP) is 2.33. The number of hydrazine groups is 1. The molecule has 0 spiro atoms. The number of ether oxygens (including phenoxy) is 2. The first kappa shape index (κ1) is 23.2. The summed E-state index contributed by atoms with van der Waals surface area (Å²) in [4.78, 5) is 34.8. The number of methoxy groups -OCH3 is 1. The normalized spacial score (nSPS) is 10.1. The van der Waals surface area contributed by atoms with Crippen molar-refractivity contribution in [2.75, 3.05) is 20.3 Å². The van der Waals surface area contributed by atoms with Crippen molar-refractivity contribution in [3.8, 4) is 5.75 Å². The summed E-state index contributed by atoms with van der Waals surface area (Å²) < 4.78 is 11.0. The Balaban J connectivity index is 1.92. The highest BCUT2D eigenvalue weighted by atomic mass is 79.9. The van der Waals surface area contributed by atoms with E-state index in [4.69, 9.17) is 21.7 Å². The largest absolute Gasteiger partial charge is 0.490 e. The van der Waals surface area contributed by atoms with Gasteiger partial charge in [-0.2, -0.15) is 0 Å². The standard InChI is InChI=1S/C18H17BrN4O6S/c1-28-8-9-29-15-7-6-11(10-13(15)19)16(24)20-18(30)22-21-17(25)12-4-2-3-5-14(12)23(26)27/h2-7,10H,8-9H2,1H3,(H,21,25)(H2,20,22,24,30). The lowest BCUT2D eigenvalue weighted by Gasteiger charge is -2.12. The van der Waals surface area contributed by atoms with Crippen LogP contribution in [0, 0.1) is 10.1 Å². The van der Waals surface area contributed by atoms with Crippen molar-refractivity contribution in [2.45, 2.75) is 0 Å². The highest BCUT2D eigenvalue weighted by Gasteiger charge is 2.19. The smallest absolute Gasteiger partial charge is 0.282 e. The number of nitrogens with zero attached hydrogens (tertiary/aromatic N) is 1. The second-order valence-electron chi connectivity index (χ2n) is 5.62. The summed E-state index contributed by atoms with van der Waals surface area (Å²) in [5, 5.41) is 13.2. The first-order valence-electron chi connectivity index (χ1n) is 8.40. The summed E-state index contributed by atoms with van der Waals surface area (Å²) >= 11 is 8.29. The molecular formula is C18H17BrN4O6S. The Bertz CT molecular complexity index is 971. The van der Waals surface area contributed by atoms with Crippen molar-refractivity contribution in [2.24, 2.45) is 0 Å². The maximum atomic E-state index is 12.3. The van der Waals surface area contributed by atoms with Gasteiger partial charge < -0.3 is 9.47 Å². The molecule has 10 nitrogen and oxygen atoms in total. The number of carbonyl (C=O) groups excluding carboxylic acids is 2. The average Bonchev–Trinajstić information content (AvgIpc) is 2.73. The Labute approximate surface area is 185 Å². The predicted molar refractivity (Wildman–Crippen MR) is 115 cm³/mol. The van der Waals surface area contributed by atoms with E-state index in [0.717, 1.165) is 0 Å². The molecule has 0 aliphatic carbocycles. The fraction of sp³-hybridized carbons (Fsp3) is 0.167. The summed E-state index contributed by atoms with van der Waals surface area (Å²) in [7, 11) is 1.56. The van der Waals surface area contributed by atoms with Gasteiger partial charge in [0.1, 0.15) is 17.9 Å². The summed E-state index contributed by atoms with van der Waals surface area (Å²) in [6.07, 6.45) is 0. The third-order valence-electron chi connectivity index (χ3n) is 3.60. The molecule has 0 aliphatic heterocycles. The van der Waals surface area contributed by atoms with E-state index in [1.807, 2.05) is 0 Å². The molecule has 0 aromatic heterocycles. The number of nitrogens with one attached hydrogen (secondary N) is 3. The topological polar surface area (TPSA) is 132 Å². The van der Waals surface area contributed by atoms with Crippen LogP contribution in [-0.2, 0) is 4.74 Å². The van der Waals surface area contributed by atoms with E-state index in [0.29, 0.717) is 23.4 Å². The van der Waals surface area contributed by atoms with Gasteiger partial charge in [-0.25, -0.2) is 0 Å². The van der Waals surface area contributed by atoms with Gasteiger partial charge >= 0.3 is 0 Å². The molecule has 12 heteroatoms. The summed E-state index contributed by atoms with van der Waals surface area (Å²) in [5.74, 6) is -0.767. The lowest BCUT2D eigenvalue weighted by atomic mass is 10.2. The summed E-state index contributed by atoms with van der Waals surface area (Å²) in [5.41, 5.74) is 4.32. The van der Waals surface area contributed by atoms with E-state index in [-0.39, 0.29) is 21.9 Å². The van der Waals surface area contributed by atoms with Crippen LogP contribution in [0.3, 0.4) is 0 Å². The average molecular weight is 497 g/mol. The second kappa shape index (κ2) is 11.2. The number of nitro benzene ring substituents is 1. The van der Waals surface area contributed by atoms with E-state index >= 15 is 0 Å². The van der Waals surface area contributed by atoms with Crippen LogP contribution in [0.1, 0.15) is 20.7 Å². The number of amides is 2. The van der Waals surface area contributed by atoms with Crippen molar-refractivity contribution >= 4 is 50.8 Å². The van der Waals surface area contributed by atoms with Crippen LogP contribution in [0.15, 0.2) is 46.9 Å². The highest BCUT2D eigenvalue weighted by molar-refractivity contribution is 9.10. The summed E-state index contributed by atoms with van der Waals surface area (Å²) in [6.45, 7) is 0.778. The zero-order chi connectivity index (χ0) is 22.1. The third-order valence-corrected chi connectivity index (χ3v) is 4.42. The summed E-state index contributed by atoms with van der Waals surface area (Å²) in [6, 6.07) is 10.1. The zero-order valence-corrected chi connectivity index (χ0v) is 18.0. The number of para-hydroxylation sites is 1. The van der Waals surface area contributed by atoms with Crippen molar-refractivity contribution < 1.29 is 24.0 Å².